The number of fused-ring (bicyclic) bond motifs is 1. The van der Waals surface area contributed by atoms with E-state index in [1.54, 1.807) is 23.2 Å². The normalized spacial score (nSPS) is 23.4. The predicted octanol–water partition coefficient (Wildman–Crippen LogP) is 0.222. The predicted molar refractivity (Wildman–Crippen MR) is 62.6 cm³/mol. The molecule has 0 unspecified atom stereocenters. The molecule has 1 saturated heterocycles. The molecule has 2 aliphatic rings. The first-order valence-electron chi connectivity index (χ1n) is 5.92. The van der Waals surface area contributed by atoms with Gasteiger partial charge in [0.2, 0.25) is 0 Å². The fraction of sp³-hybridized carbons (Fsp3) is 0.500. The average Bonchev–Trinajstić information content (AvgIpc) is 2.43. The quantitative estimate of drug-likeness (QED) is 0.751. The lowest BCUT2D eigenvalue weighted by molar-refractivity contribution is -0.123. The maximum Gasteiger partial charge on any atom is 0.266 e. The third-order valence-corrected chi connectivity index (χ3v) is 2.93. The average molecular weight is 250 g/mol. The summed E-state index contributed by atoms with van der Waals surface area (Å²) in [6.45, 7) is 2.19. The summed E-state index contributed by atoms with van der Waals surface area (Å²) >= 11 is 0. The number of amides is 1. The van der Waals surface area contributed by atoms with Crippen molar-refractivity contribution in [3.8, 4) is 5.75 Å². The number of aromatic nitrogens is 1. The molecule has 6 nitrogen and oxygen atoms in total. The van der Waals surface area contributed by atoms with E-state index in [-0.39, 0.29) is 18.6 Å². The van der Waals surface area contributed by atoms with Crippen LogP contribution in [0.15, 0.2) is 18.3 Å². The van der Waals surface area contributed by atoms with Crippen LogP contribution in [-0.2, 0) is 14.3 Å². The van der Waals surface area contributed by atoms with Crippen LogP contribution < -0.4 is 9.64 Å². The molecule has 0 N–H and O–H groups in total. The highest BCUT2D eigenvalue weighted by Gasteiger charge is 2.29. The van der Waals surface area contributed by atoms with Crippen LogP contribution in [0, 0.1) is 0 Å². The number of pyridine rings is 1. The maximum absolute atomic E-state index is 11.9. The summed E-state index contributed by atoms with van der Waals surface area (Å²) in [5.74, 6) is 1.09. The Balaban J connectivity index is 1.79. The van der Waals surface area contributed by atoms with E-state index in [1.165, 1.54) is 0 Å². The third kappa shape index (κ3) is 2.16. The van der Waals surface area contributed by atoms with E-state index in [0.717, 1.165) is 0 Å². The van der Waals surface area contributed by atoms with E-state index in [0.29, 0.717) is 37.9 Å². The summed E-state index contributed by atoms with van der Waals surface area (Å²) < 4.78 is 16.2. The molecule has 96 valence electrons. The van der Waals surface area contributed by atoms with Crippen molar-refractivity contribution >= 4 is 11.7 Å². The standard InChI is InChI=1S/C12H14N2O4/c15-11-8-18-10-2-1-3-13-12(10)14(11)6-9-7-16-4-5-17-9/h1-3,9H,4-8H2/t9-/m1/s1. The van der Waals surface area contributed by atoms with E-state index >= 15 is 0 Å². The number of carbonyl (C=O) groups is 1. The molecule has 1 fully saturated rings. The van der Waals surface area contributed by atoms with Gasteiger partial charge in [-0.25, -0.2) is 4.98 Å². The zero-order valence-corrected chi connectivity index (χ0v) is 9.87. The number of nitrogens with zero attached hydrogens (tertiary/aromatic N) is 2. The Labute approximate surface area is 104 Å². The van der Waals surface area contributed by atoms with Crippen molar-refractivity contribution in [1.29, 1.82) is 0 Å². The maximum atomic E-state index is 11.9. The van der Waals surface area contributed by atoms with E-state index in [4.69, 9.17) is 14.2 Å². The van der Waals surface area contributed by atoms with Gasteiger partial charge in [0.15, 0.2) is 18.2 Å². The number of hydrogen-bond donors (Lipinski definition) is 0. The summed E-state index contributed by atoms with van der Waals surface area (Å²) in [5.41, 5.74) is 0. The van der Waals surface area contributed by atoms with Gasteiger partial charge >= 0.3 is 0 Å². The number of ether oxygens (including phenoxy) is 3. The molecule has 1 atom stereocenters. The molecule has 1 aromatic rings. The van der Waals surface area contributed by atoms with Crippen molar-refractivity contribution in [2.45, 2.75) is 6.10 Å². The van der Waals surface area contributed by atoms with Crippen molar-refractivity contribution < 1.29 is 19.0 Å². The fourth-order valence-corrected chi connectivity index (χ4v) is 2.07. The Morgan fingerprint density at radius 2 is 2.39 bits per heavy atom. The van der Waals surface area contributed by atoms with Crippen molar-refractivity contribution in [2.75, 3.05) is 37.9 Å². The number of hydrogen-bond acceptors (Lipinski definition) is 5. The lowest BCUT2D eigenvalue weighted by Gasteiger charge is -2.32. The molecule has 0 saturated carbocycles. The van der Waals surface area contributed by atoms with Crippen LogP contribution in [0.3, 0.4) is 0 Å². The lowest BCUT2D eigenvalue weighted by atomic mass is 10.2. The summed E-state index contributed by atoms with van der Waals surface area (Å²) in [7, 11) is 0. The third-order valence-electron chi connectivity index (χ3n) is 2.93. The van der Waals surface area contributed by atoms with Gasteiger partial charge in [0.1, 0.15) is 0 Å². The number of carbonyl (C=O) groups excluding carboxylic acids is 1. The van der Waals surface area contributed by atoms with Crippen molar-refractivity contribution in [1.82, 2.24) is 4.98 Å². The smallest absolute Gasteiger partial charge is 0.266 e. The molecule has 2 aliphatic heterocycles. The molecule has 18 heavy (non-hydrogen) atoms. The van der Waals surface area contributed by atoms with Crippen LogP contribution in [0.4, 0.5) is 5.82 Å². The van der Waals surface area contributed by atoms with E-state index in [9.17, 15) is 4.79 Å². The molecular formula is C12H14N2O4. The van der Waals surface area contributed by atoms with Crippen molar-refractivity contribution in [2.24, 2.45) is 0 Å². The van der Waals surface area contributed by atoms with Gasteiger partial charge in [-0.3, -0.25) is 9.69 Å². The van der Waals surface area contributed by atoms with Gasteiger partial charge in [-0.05, 0) is 12.1 Å². The summed E-state index contributed by atoms with van der Waals surface area (Å²) in [4.78, 5) is 17.7. The van der Waals surface area contributed by atoms with Gasteiger partial charge in [0.05, 0.1) is 32.5 Å². The van der Waals surface area contributed by atoms with Gasteiger partial charge in [-0.2, -0.15) is 0 Å². The fourth-order valence-electron chi connectivity index (χ4n) is 2.07. The van der Waals surface area contributed by atoms with Crippen LogP contribution in [-0.4, -0.2) is 50.0 Å². The summed E-state index contributed by atoms with van der Waals surface area (Å²) in [6.07, 6.45) is 1.54. The van der Waals surface area contributed by atoms with Crippen LogP contribution >= 0.6 is 0 Å². The molecule has 3 heterocycles. The summed E-state index contributed by atoms with van der Waals surface area (Å²) in [6, 6.07) is 3.59. The van der Waals surface area contributed by atoms with Crippen LogP contribution in [0.5, 0.6) is 5.75 Å². The Morgan fingerprint density at radius 3 is 3.22 bits per heavy atom. The van der Waals surface area contributed by atoms with Crippen LogP contribution in [0.1, 0.15) is 0 Å². The zero-order chi connectivity index (χ0) is 12.4. The second-order valence-corrected chi connectivity index (χ2v) is 4.19. The molecule has 0 aliphatic carbocycles. The second kappa shape index (κ2) is 4.91. The molecule has 3 rings (SSSR count). The summed E-state index contributed by atoms with van der Waals surface area (Å²) in [5, 5.41) is 0. The Morgan fingerprint density at radius 1 is 1.44 bits per heavy atom. The molecule has 0 bridgehead atoms. The highest BCUT2D eigenvalue weighted by Crippen LogP contribution is 2.29. The molecule has 0 radical (unpaired) electrons. The number of anilines is 1. The second-order valence-electron chi connectivity index (χ2n) is 4.19. The Bertz CT molecular complexity index is 445. The van der Waals surface area contributed by atoms with Crippen molar-refractivity contribution in [3.05, 3.63) is 18.3 Å². The topological polar surface area (TPSA) is 60.9 Å². The van der Waals surface area contributed by atoms with E-state index < -0.39 is 0 Å². The van der Waals surface area contributed by atoms with Gasteiger partial charge in [0, 0.05) is 6.20 Å². The first-order chi connectivity index (χ1) is 8.84. The van der Waals surface area contributed by atoms with Crippen LogP contribution in [0.25, 0.3) is 0 Å². The molecular weight excluding hydrogens is 236 g/mol. The first-order valence-corrected chi connectivity index (χ1v) is 5.92. The van der Waals surface area contributed by atoms with Crippen molar-refractivity contribution in [3.63, 3.8) is 0 Å². The molecule has 0 aromatic carbocycles. The lowest BCUT2D eigenvalue weighted by Crippen LogP contribution is -2.46. The Hall–Kier alpha value is -1.66. The number of rotatable bonds is 2. The largest absolute Gasteiger partial charge is 0.480 e. The monoisotopic (exact) mass is 250 g/mol. The minimum atomic E-state index is -0.102. The molecule has 6 heteroatoms. The van der Waals surface area contributed by atoms with Gasteiger partial charge in [0.25, 0.3) is 5.91 Å². The van der Waals surface area contributed by atoms with E-state index in [1.807, 2.05) is 0 Å². The van der Waals surface area contributed by atoms with Gasteiger partial charge in [-0.15, -0.1) is 0 Å². The van der Waals surface area contributed by atoms with Crippen LogP contribution in [0.2, 0.25) is 0 Å². The van der Waals surface area contributed by atoms with Gasteiger partial charge < -0.3 is 14.2 Å². The zero-order valence-electron chi connectivity index (χ0n) is 9.87. The highest BCUT2D eigenvalue weighted by molar-refractivity contribution is 5.96. The SMILES string of the molecule is O=C1COc2cccnc2N1C[C@@H]1COCCO1. The minimum absolute atomic E-state index is 0.0479. The molecule has 1 amide bonds. The molecule has 0 spiro atoms. The Kier molecular flexibility index (Phi) is 3.12. The molecule has 1 aromatic heterocycles. The highest BCUT2D eigenvalue weighted by atomic mass is 16.6. The van der Waals surface area contributed by atoms with Gasteiger partial charge in [-0.1, -0.05) is 0 Å². The first kappa shape index (κ1) is 11.4. The minimum Gasteiger partial charge on any atom is -0.480 e. The van der Waals surface area contributed by atoms with E-state index in [2.05, 4.69) is 4.98 Å².